The zero-order valence-corrected chi connectivity index (χ0v) is 12.5. The highest BCUT2D eigenvalue weighted by molar-refractivity contribution is 5.92. The van der Waals surface area contributed by atoms with Crippen molar-refractivity contribution in [3.05, 3.63) is 29.3 Å². The van der Waals surface area contributed by atoms with E-state index in [1.54, 1.807) is 6.92 Å². The highest BCUT2D eigenvalue weighted by atomic mass is 16.5. The van der Waals surface area contributed by atoms with E-state index in [-0.39, 0.29) is 5.97 Å². The molecule has 0 heterocycles. The van der Waals surface area contributed by atoms with Gasteiger partial charge in [-0.25, -0.2) is 0 Å². The van der Waals surface area contributed by atoms with E-state index in [1.165, 1.54) is 24.0 Å². The van der Waals surface area contributed by atoms with Gasteiger partial charge < -0.3 is 15.8 Å². The van der Waals surface area contributed by atoms with Gasteiger partial charge in [-0.3, -0.25) is 9.79 Å². The first-order chi connectivity index (χ1) is 10.2. The van der Waals surface area contributed by atoms with Crippen molar-refractivity contribution in [2.45, 2.75) is 39.0 Å². The second-order valence-electron chi connectivity index (χ2n) is 5.14. The van der Waals surface area contributed by atoms with Gasteiger partial charge in [0.2, 0.25) is 0 Å². The molecule has 0 bridgehead atoms. The molecule has 0 fully saturated rings. The lowest BCUT2D eigenvalue weighted by atomic mass is 10.1. The predicted octanol–water partition coefficient (Wildman–Crippen LogP) is 2.25. The largest absolute Gasteiger partial charge is 0.466 e. The van der Waals surface area contributed by atoms with Crippen molar-refractivity contribution in [1.29, 1.82) is 0 Å². The predicted molar refractivity (Wildman–Crippen MR) is 84.4 cm³/mol. The number of anilines is 1. The van der Waals surface area contributed by atoms with Crippen LogP contribution in [-0.4, -0.2) is 25.1 Å². The van der Waals surface area contributed by atoms with Crippen molar-refractivity contribution in [3.63, 3.8) is 0 Å². The third-order valence-electron chi connectivity index (χ3n) is 3.50. The first kappa shape index (κ1) is 15.4. The number of rotatable bonds is 6. The summed E-state index contributed by atoms with van der Waals surface area (Å²) in [5.41, 5.74) is 9.66. The van der Waals surface area contributed by atoms with Crippen molar-refractivity contribution in [2.75, 3.05) is 18.5 Å². The number of nitrogens with one attached hydrogen (secondary N) is 1. The van der Waals surface area contributed by atoms with Crippen LogP contribution < -0.4 is 11.1 Å². The maximum absolute atomic E-state index is 11.2. The zero-order chi connectivity index (χ0) is 15.1. The molecule has 0 radical (unpaired) electrons. The first-order valence-corrected chi connectivity index (χ1v) is 7.53. The maximum Gasteiger partial charge on any atom is 0.305 e. The second kappa shape index (κ2) is 7.67. The standard InChI is InChI=1S/C16H23N3O2/c1-2-21-15(20)7-4-10-18-16(17)19-14-9-8-12-5-3-6-13(12)11-14/h8-9,11H,2-7,10H2,1H3,(H3,17,18,19). The van der Waals surface area contributed by atoms with E-state index in [4.69, 9.17) is 10.5 Å². The summed E-state index contributed by atoms with van der Waals surface area (Å²) in [5, 5.41) is 3.10. The number of fused-ring (bicyclic) bond motifs is 1. The number of hydrogen-bond donors (Lipinski definition) is 2. The van der Waals surface area contributed by atoms with Crippen LogP contribution in [0, 0.1) is 0 Å². The fraction of sp³-hybridized carbons (Fsp3) is 0.500. The van der Waals surface area contributed by atoms with Gasteiger partial charge in [0.15, 0.2) is 5.96 Å². The van der Waals surface area contributed by atoms with Gasteiger partial charge in [-0.05, 0) is 55.9 Å². The SMILES string of the molecule is CCOC(=O)CCCN=C(N)Nc1ccc2c(c1)CCC2. The third-order valence-corrected chi connectivity index (χ3v) is 3.50. The van der Waals surface area contributed by atoms with Crippen molar-refractivity contribution >= 4 is 17.6 Å². The minimum atomic E-state index is -0.183. The number of hydrogen-bond acceptors (Lipinski definition) is 3. The summed E-state index contributed by atoms with van der Waals surface area (Å²) in [6, 6.07) is 6.33. The van der Waals surface area contributed by atoms with Crippen LogP contribution >= 0.6 is 0 Å². The minimum Gasteiger partial charge on any atom is -0.466 e. The van der Waals surface area contributed by atoms with Crippen LogP contribution in [0.2, 0.25) is 0 Å². The number of guanidine groups is 1. The molecule has 1 aliphatic rings. The van der Waals surface area contributed by atoms with Crippen LogP contribution in [0.1, 0.15) is 37.3 Å². The van der Waals surface area contributed by atoms with Crippen molar-refractivity contribution in [3.8, 4) is 0 Å². The number of esters is 1. The molecule has 1 aliphatic carbocycles. The Balaban J connectivity index is 1.77. The average Bonchev–Trinajstić information content (AvgIpc) is 2.91. The van der Waals surface area contributed by atoms with Gasteiger partial charge >= 0.3 is 5.97 Å². The van der Waals surface area contributed by atoms with Crippen molar-refractivity contribution in [1.82, 2.24) is 0 Å². The van der Waals surface area contributed by atoms with Gasteiger partial charge in [0.05, 0.1) is 6.61 Å². The summed E-state index contributed by atoms with van der Waals surface area (Å²) >= 11 is 0. The van der Waals surface area contributed by atoms with Crippen molar-refractivity contribution < 1.29 is 9.53 Å². The number of nitrogens with two attached hydrogens (primary N) is 1. The number of benzene rings is 1. The van der Waals surface area contributed by atoms with Crippen molar-refractivity contribution in [2.24, 2.45) is 10.7 Å². The first-order valence-electron chi connectivity index (χ1n) is 7.53. The highest BCUT2D eigenvalue weighted by Crippen LogP contribution is 2.24. The molecule has 21 heavy (non-hydrogen) atoms. The Labute approximate surface area is 125 Å². The minimum absolute atomic E-state index is 0.183. The molecule has 0 spiro atoms. The van der Waals surface area contributed by atoms with Crippen LogP contribution in [0.5, 0.6) is 0 Å². The van der Waals surface area contributed by atoms with E-state index in [2.05, 4.69) is 22.4 Å². The smallest absolute Gasteiger partial charge is 0.305 e. The molecule has 0 unspecified atom stereocenters. The van der Waals surface area contributed by atoms with E-state index in [0.29, 0.717) is 32.0 Å². The Morgan fingerprint density at radius 3 is 3.00 bits per heavy atom. The Hall–Kier alpha value is -2.04. The quantitative estimate of drug-likeness (QED) is 0.364. The number of aliphatic imine (C=N–C) groups is 1. The molecule has 1 aromatic carbocycles. The summed E-state index contributed by atoms with van der Waals surface area (Å²) in [6.07, 6.45) is 4.57. The number of aryl methyl sites for hydroxylation is 2. The highest BCUT2D eigenvalue weighted by Gasteiger charge is 2.10. The fourth-order valence-corrected chi connectivity index (χ4v) is 2.49. The van der Waals surface area contributed by atoms with Gasteiger partial charge in [0, 0.05) is 18.7 Å². The van der Waals surface area contributed by atoms with Gasteiger partial charge in [0.1, 0.15) is 0 Å². The van der Waals surface area contributed by atoms with Crippen LogP contribution in [0.25, 0.3) is 0 Å². The number of nitrogens with zero attached hydrogens (tertiary/aromatic N) is 1. The molecule has 0 atom stereocenters. The molecule has 0 aromatic heterocycles. The fourth-order valence-electron chi connectivity index (χ4n) is 2.49. The monoisotopic (exact) mass is 289 g/mol. The van der Waals surface area contributed by atoms with E-state index in [0.717, 1.165) is 12.1 Å². The lowest BCUT2D eigenvalue weighted by molar-refractivity contribution is -0.143. The maximum atomic E-state index is 11.2. The molecule has 0 saturated heterocycles. The molecular weight excluding hydrogens is 266 g/mol. The molecule has 5 heteroatoms. The third kappa shape index (κ3) is 4.77. The Kier molecular flexibility index (Phi) is 5.60. The molecule has 3 N–H and O–H groups in total. The van der Waals surface area contributed by atoms with Crippen LogP contribution in [0.3, 0.4) is 0 Å². The lowest BCUT2D eigenvalue weighted by Crippen LogP contribution is -2.23. The van der Waals surface area contributed by atoms with Crippen LogP contribution in [0.15, 0.2) is 23.2 Å². The van der Waals surface area contributed by atoms with Crippen LogP contribution in [-0.2, 0) is 22.4 Å². The number of carbonyl (C=O) groups is 1. The summed E-state index contributed by atoms with van der Waals surface area (Å²) in [5.74, 6) is 0.203. The Bertz CT molecular complexity index is 526. The summed E-state index contributed by atoms with van der Waals surface area (Å²) < 4.78 is 4.85. The summed E-state index contributed by atoms with van der Waals surface area (Å²) in [7, 11) is 0. The van der Waals surface area contributed by atoms with E-state index in [9.17, 15) is 4.79 Å². The van der Waals surface area contributed by atoms with E-state index in [1.807, 2.05) is 6.07 Å². The molecule has 1 aromatic rings. The normalized spacial score (nSPS) is 13.9. The summed E-state index contributed by atoms with van der Waals surface area (Å²) in [4.78, 5) is 15.4. The number of carbonyl (C=O) groups excluding carboxylic acids is 1. The van der Waals surface area contributed by atoms with Gasteiger partial charge in [-0.15, -0.1) is 0 Å². The second-order valence-corrected chi connectivity index (χ2v) is 5.14. The van der Waals surface area contributed by atoms with Gasteiger partial charge in [-0.2, -0.15) is 0 Å². The average molecular weight is 289 g/mol. The molecule has 0 amide bonds. The van der Waals surface area contributed by atoms with Crippen LogP contribution in [0.4, 0.5) is 5.69 Å². The molecule has 2 rings (SSSR count). The molecule has 0 aliphatic heterocycles. The topological polar surface area (TPSA) is 76.7 Å². The zero-order valence-electron chi connectivity index (χ0n) is 12.5. The Morgan fingerprint density at radius 2 is 2.19 bits per heavy atom. The molecular formula is C16H23N3O2. The molecule has 5 nitrogen and oxygen atoms in total. The molecule has 114 valence electrons. The number of ether oxygens (including phenoxy) is 1. The van der Waals surface area contributed by atoms with E-state index >= 15 is 0 Å². The van der Waals surface area contributed by atoms with E-state index < -0.39 is 0 Å². The summed E-state index contributed by atoms with van der Waals surface area (Å²) in [6.45, 7) is 2.74. The van der Waals surface area contributed by atoms with Gasteiger partial charge in [-0.1, -0.05) is 6.07 Å². The lowest BCUT2D eigenvalue weighted by Gasteiger charge is -2.08. The van der Waals surface area contributed by atoms with Gasteiger partial charge in [0.25, 0.3) is 0 Å². The Morgan fingerprint density at radius 1 is 1.38 bits per heavy atom. The molecule has 0 saturated carbocycles.